The van der Waals surface area contributed by atoms with Gasteiger partial charge in [-0.2, -0.15) is 5.26 Å². The van der Waals surface area contributed by atoms with Crippen molar-refractivity contribution >= 4 is 23.4 Å². The van der Waals surface area contributed by atoms with Crippen LogP contribution in [0.5, 0.6) is 0 Å². The molecule has 0 aliphatic carbocycles. The van der Waals surface area contributed by atoms with Crippen molar-refractivity contribution in [3.8, 4) is 11.8 Å². The minimum absolute atomic E-state index is 0.00675. The van der Waals surface area contributed by atoms with Crippen LogP contribution >= 0.6 is 0 Å². The van der Waals surface area contributed by atoms with Crippen LogP contribution in [0.4, 0.5) is 11.4 Å². The molecule has 3 rings (SSSR count). The summed E-state index contributed by atoms with van der Waals surface area (Å²) in [5, 5.41) is 23.5. The Morgan fingerprint density at radius 2 is 1.87 bits per heavy atom. The van der Waals surface area contributed by atoms with Gasteiger partial charge in [-0.1, -0.05) is 18.2 Å². The number of hydrogen-bond donors (Lipinski definition) is 1. The van der Waals surface area contributed by atoms with Crippen LogP contribution in [-0.4, -0.2) is 15.4 Å². The van der Waals surface area contributed by atoms with E-state index in [1.807, 2.05) is 62.6 Å². The van der Waals surface area contributed by atoms with Crippen molar-refractivity contribution in [1.29, 1.82) is 5.26 Å². The van der Waals surface area contributed by atoms with Gasteiger partial charge in [0.05, 0.1) is 10.6 Å². The van der Waals surface area contributed by atoms with Crippen molar-refractivity contribution in [1.82, 2.24) is 4.57 Å². The Balaban J connectivity index is 1.97. The van der Waals surface area contributed by atoms with Crippen LogP contribution in [0, 0.1) is 49.1 Å². The number of non-ortho nitro benzene ring substituents is 1. The highest BCUT2D eigenvalue weighted by Crippen LogP contribution is 2.25. The lowest BCUT2D eigenvalue weighted by Crippen LogP contribution is -2.14. The van der Waals surface area contributed by atoms with Gasteiger partial charge in [0.25, 0.3) is 11.6 Å². The topological polar surface area (TPSA) is 101 Å². The van der Waals surface area contributed by atoms with Gasteiger partial charge in [0.1, 0.15) is 11.6 Å². The summed E-state index contributed by atoms with van der Waals surface area (Å²) in [6, 6.07) is 15.9. The monoisotopic (exact) mass is 414 g/mol. The zero-order valence-electron chi connectivity index (χ0n) is 17.8. The number of anilines is 1. The first-order chi connectivity index (χ1) is 14.7. The van der Waals surface area contributed by atoms with E-state index in [2.05, 4.69) is 5.32 Å². The molecule has 1 N–H and O–H groups in total. The molecule has 1 amide bonds. The second-order valence-corrected chi connectivity index (χ2v) is 7.38. The molecule has 0 aliphatic heterocycles. The van der Waals surface area contributed by atoms with Gasteiger partial charge in [-0.3, -0.25) is 14.9 Å². The molecular weight excluding hydrogens is 392 g/mol. The lowest BCUT2D eigenvalue weighted by molar-refractivity contribution is -0.384. The first-order valence-electron chi connectivity index (χ1n) is 9.65. The summed E-state index contributed by atoms with van der Waals surface area (Å²) in [5.74, 6) is -0.489. The number of nitro benzene ring substituents is 1. The number of nitriles is 1. The van der Waals surface area contributed by atoms with E-state index < -0.39 is 10.8 Å². The Kier molecular flexibility index (Phi) is 6.02. The van der Waals surface area contributed by atoms with Gasteiger partial charge >= 0.3 is 0 Å². The molecular formula is C24H22N4O3. The van der Waals surface area contributed by atoms with Crippen molar-refractivity contribution in [2.45, 2.75) is 27.7 Å². The van der Waals surface area contributed by atoms with Crippen molar-refractivity contribution in [2.75, 3.05) is 5.32 Å². The fraction of sp³-hybridized carbons (Fsp3) is 0.167. The number of rotatable bonds is 5. The van der Waals surface area contributed by atoms with Gasteiger partial charge in [0.15, 0.2) is 0 Å². The van der Waals surface area contributed by atoms with Gasteiger partial charge in [0, 0.05) is 29.2 Å². The summed E-state index contributed by atoms with van der Waals surface area (Å²) in [6.07, 6.45) is 1.54. The van der Waals surface area contributed by atoms with E-state index in [-0.39, 0.29) is 11.3 Å². The molecule has 0 atom stereocenters. The van der Waals surface area contributed by atoms with E-state index in [0.717, 1.165) is 22.5 Å². The molecule has 3 aromatic rings. The maximum Gasteiger partial charge on any atom is 0.271 e. The van der Waals surface area contributed by atoms with E-state index in [4.69, 9.17) is 0 Å². The van der Waals surface area contributed by atoms with E-state index in [0.29, 0.717) is 16.9 Å². The minimum Gasteiger partial charge on any atom is -0.321 e. The van der Waals surface area contributed by atoms with Crippen LogP contribution < -0.4 is 5.32 Å². The highest BCUT2D eigenvalue weighted by molar-refractivity contribution is 6.10. The van der Waals surface area contributed by atoms with Crippen LogP contribution in [0.1, 0.15) is 28.1 Å². The van der Waals surface area contributed by atoms with Gasteiger partial charge in [-0.25, -0.2) is 0 Å². The number of carbonyl (C=O) groups excluding carboxylic acids is 1. The van der Waals surface area contributed by atoms with Gasteiger partial charge in [-0.05, 0) is 68.7 Å². The maximum absolute atomic E-state index is 12.7. The summed E-state index contributed by atoms with van der Waals surface area (Å²) < 4.78 is 1.86. The average Bonchev–Trinajstić information content (AvgIpc) is 3.01. The molecule has 0 saturated carbocycles. The predicted molar refractivity (Wildman–Crippen MR) is 120 cm³/mol. The normalized spacial score (nSPS) is 11.1. The van der Waals surface area contributed by atoms with Crippen molar-refractivity contribution in [2.24, 2.45) is 0 Å². The third-order valence-corrected chi connectivity index (χ3v) is 5.08. The molecule has 0 bridgehead atoms. The SMILES string of the molecule is Cc1ccc(C)c(NC(=O)/C(C#N)=C/c2cc(C)n(-c3cccc([N+](=O)[O-])c3)c2C)c1. The Morgan fingerprint density at radius 3 is 2.55 bits per heavy atom. The molecule has 0 fully saturated rings. The molecule has 2 aromatic carbocycles. The third-order valence-electron chi connectivity index (χ3n) is 5.08. The van der Waals surface area contributed by atoms with Crippen molar-refractivity contribution < 1.29 is 9.72 Å². The van der Waals surface area contributed by atoms with Crippen LogP contribution in [-0.2, 0) is 4.79 Å². The van der Waals surface area contributed by atoms with E-state index >= 15 is 0 Å². The summed E-state index contributed by atoms with van der Waals surface area (Å²) in [6.45, 7) is 7.52. The van der Waals surface area contributed by atoms with Gasteiger partial charge in [0.2, 0.25) is 0 Å². The number of nitrogens with one attached hydrogen (secondary N) is 1. The molecule has 7 heteroatoms. The van der Waals surface area contributed by atoms with Crippen LogP contribution in [0.2, 0.25) is 0 Å². The molecule has 0 unspecified atom stereocenters. The van der Waals surface area contributed by atoms with E-state index in [1.165, 1.54) is 18.2 Å². The van der Waals surface area contributed by atoms with E-state index in [1.54, 1.807) is 12.1 Å². The highest BCUT2D eigenvalue weighted by Gasteiger charge is 2.16. The highest BCUT2D eigenvalue weighted by atomic mass is 16.6. The summed E-state index contributed by atoms with van der Waals surface area (Å²) >= 11 is 0. The number of benzene rings is 2. The Bertz CT molecular complexity index is 1260. The zero-order chi connectivity index (χ0) is 22.7. The molecule has 0 aliphatic rings. The smallest absolute Gasteiger partial charge is 0.271 e. The predicted octanol–water partition coefficient (Wildman–Crippen LogP) is 5.16. The number of hydrogen-bond acceptors (Lipinski definition) is 4. The standard InChI is InChI=1S/C24H22N4O3/c1-15-8-9-16(2)23(10-15)26-24(29)20(14-25)12-19-11-17(3)27(18(19)4)21-6-5-7-22(13-21)28(30)31/h5-13H,1-4H3,(H,26,29)/b20-12+. The number of carbonyl (C=O) groups is 1. The number of nitrogens with zero attached hydrogens (tertiary/aromatic N) is 3. The molecule has 1 heterocycles. The quantitative estimate of drug-likeness (QED) is 0.269. The third kappa shape index (κ3) is 4.54. The molecule has 1 aromatic heterocycles. The van der Waals surface area contributed by atoms with Crippen molar-refractivity contribution in [3.05, 3.63) is 92.3 Å². The number of aromatic nitrogens is 1. The Hall–Kier alpha value is -4.18. The number of aryl methyl sites for hydroxylation is 3. The van der Waals surface area contributed by atoms with Gasteiger partial charge < -0.3 is 9.88 Å². The first-order valence-corrected chi connectivity index (χ1v) is 9.65. The van der Waals surface area contributed by atoms with Gasteiger partial charge in [-0.15, -0.1) is 0 Å². The molecule has 7 nitrogen and oxygen atoms in total. The lowest BCUT2D eigenvalue weighted by atomic mass is 10.1. The summed E-state index contributed by atoms with van der Waals surface area (Å²) in [5.41, 5.74) is 5.46. The molecule has 31 heavy (non-hydrogen) atoms. The Morgan fingerprint density at radius 1 is 1.13 bits per heavy atom. The minimum atomic E-state index is -0.489. The molecule has 156 valence electrons. The molecule has 0 radical (unpaired) electrons. The average molecular weight is 414 g/mol. The second-order valence-electron chi connectivity index (χ2n) is 7.38. The van der Waals surface area contributed by atoms with Crippen LogP contribution in [0.15, 0.2) is 54.1 Å². The summed E-state index contributed by atoms with van der Waals surface area (Å²) in [4.78, 5) is 23.4. The lowest BCUT2D eigenvalue weighted by Gasteiger charge is -2.10. The number of nitro groups is 1. The molecule has 0 saturated heterocycles. The first kappa shape index (κ1) is 21.5. The largest absolute Gasteiger partial charge is 0.321 e. The fourth-order valence-corrected chi connectivity index (χ4v) is 3.44. The van der Waals surface area contributed by atoms with Crippen molar-refractivity contribution in [3.63, 3.8) is 0 Å². The van der Waals surface area contributed by atoms with Crippen LogP contribution in [0.25, 0.3) is 11.8 Å². The molecule has 0 spiro atoms. The van der Waals surface area contributed by atoms with Crippen LogP contribution in [0.3, 0.4) is 0 Å². The Labute approximate surface area is 180 Å². The second kappa shape index (κ2) is 8.67. The fourth-order valence-electron chi connectivity index (χ4n) is 3.44. The maximum atomic E-state index is 12.7. The zero-order valence-corrected chi connectivity index (χ0v) is 17.8. The number of amides is 1. The summed E-state index contributed by atoms with van der Waals surface area (Å²) in [7, 11) is 0. The van der Waals surface area contributed by atoms with E-state index in [9.17, 15) is 20.2 Å².